The Morgan fingerprint density at radius 2 is 2.40 bits per heavy atom. The van der Waals surface area contributed by atoms with E-state index in [0.717, 1.165) is 49.0 Å². The summed E-state index contributed by atoms with van der Waals surface area (Å²) in [6.45, 7) is 2.02. The van der Waals surface area contributed by atoms with E-state index in [4.69, 9.17) is 9.26 Å². The van der Waals surface area contributed by atoms with Crippen molar-refractivity contribution in [3.63, 3.8) is 0 Å². The maximum atomic E-state index is 5.40. The molecule has 1 fully saturated rings. The second-order valence-electron chi connectivity index (χ2n) is 5.12. The highest BCUT2D eigenvalue weighted by atomic mass is 16.5. The Morgan fingerprint density at radius 1 is 1.45 bits per heavy atom. The molecule has 0 amide bonds. The van der Waals surface area contributed by atoms with Crippen molar-refractivity contribution in [3.05, 3.63) is 41.5 Å². The molecular weight excluding hydrogens is 254 g/mol. The normalized spacial score (nSPS) is 18.9. The first-order valence-electron chi connectivity index (χ1n) is 7.01. The van der Waals surface area contributed by atoms with Gasteiger partial charge in [0.25, 0.3) is 0 Å². The summed E-state index contributed by atoms with van der Waals surface area (Å²) in [5.41, 5.74) is 1.12. The van der Waals surface area contributed by atoms with E-state index < -0.39 is 0 Å². The first kappa shape index (κ1) is 13.1. The van der Waals surface area contributed by atoms with E-state index in [1.165, 1.54) is 0 Å². The van der Waals surface area contributed by atoms with Crippen LogP contribution in [0.25, 0.3) is 0 Å². The number of piperidine rings is 1. The second kappa shape index (κ2) is 6.05. The van der Waals surface area contributed by atoms with Crippen LogP contribution in [-0.2, 0) is 6.42 Å². The highest BCUT2D eigenvalue weighted by molar-refractivity contribution is 5.30. The topological polar surface area (TPSA) is 60.2 Å². The van der Waals surface area contributed by atoms with Crippen LogP contribution in [-0.4, -0.2) is 30.3 Å². The third-order valence-corrected chi connectivity index (χ3v) is 3.63. The lowest BCUT2D eigenvalue weighted by molar-refractivity contribution is 0.320. The van der Waals surface area contributed by atoms with Gasteiger partial charge in [-0.1, -0.05) is 17.3 Å². The molecule has 1 aromatic carbocycles. The van der Waals surface area contributed by atoms with Crippen molar-refractivity contribution in [1.82, 2.24) is 15.5 Å². The maximum Gasteiger partial charge on any atom is 0.231 e. The minimum absolute atomic E-state index is 0.357. The molecule has 0 radical (unpaired) electrons. The van der Waals surface area contributed by atoms with Crippen molar-refractivity contribution >= 4 is 0 Å². The molecule has 1 N–H and O–H groups in total. The van der Waals surface area contributed by atoms with Crippen LogP contribution in [0.5, 0.6) is 5.75 Å². The Balaban J connectivity index is 1.70. The summed E-state index contributed by atoms with van der Waals surface area (Å²) >= 11 is 0. The summed E-state index contributed by atoms with van der Waals surface area (Å²) in [6, 6.07) is 7.94. The number of rotatable bonds is 4. The molecular formula is C15H19N3O2. The lowest BCUT2D eigenvalue weighted by Crippen LogP contribution is -2.28. The smallest absolute Gasteiger partial charge is 0.231 e. The molecule has 2 aromatic rings. The zero-order valence-corrected chi connectivity index (χ0v) is 11.6. The van der Waals surface area contributed by atoms with Crippen molar-refractivity contribution in [2.75, 3.05) is 20.2 Å². The molecule has 5 heteroatoms. The van der Waals surface area contributed by atoms with Gasteiger partial charge in [0.05, 0.1) is 13.0 Å². The first-order valence-corrected chi connectivity index (χ1v) is 7.01. The number of nitrogens with one attached hydrogen (secondary N) is 1. The second-order valence-corrected chi connectivity index (χ2v) is 5.12. The molecule has 0 aliphatic carbocycles. The summed E-state index contributed by atoms with van der Waals surface area (Å²) in [5, 5.41) is 7.45. The largest absolute Gasteiger partial charge is 0.497 e. The molecule has 20 heavy (non-hydrogen) atoms. The fourth-order valence-corrected chi connectivity index (χ4v) is 2.53. The lowest BCUT2D eigenvalue weighted by Gasteiger charge is -2.18. The number of methoxy groups -OCH3 is 1. The van der Waals surface area contributed by atoms with Crippen LogP contribution in [0.2, 0.25) is 0 Å². The number of hydrogen-bond donors (Lipinski definition) is 1. The SMILES string of the molecule is COc1cccc(Cc2noc([C@H]3CCCNC3)n2)c1. The standard InChI is InChI=1S/C15H19N3O2/c1-19-13-6-2-4-11(8-13)9-14-17-15(20-18-14)12-5-3-7-16-10-12/h2,4,6,8,12,16H,3,5,7,9-10H2,1H3/t12-/m0/s1. The van der Waals surface area contributed by atoms with E-state index in [9.17, 15) is 0 Å². The number of aromatic nitrogens is 2. The molecule has 3 rings (SSSR count). The lowest BCUT2D eigenvalue weighted by atomic mass is 10.00. The van der Waals surface area contributed by atoms with Gasteiger partial charge in [0.2, 0.25) is 5.89 Å². The Hall–Kier alpha value is -1.88. The minimum Gasteiger partial charge on any atom is -0.497 e. The number of hydrogen-bond acceptors (Lipinski definition) is 5. The van der Waals surface area contributed by atoms with E-state index in [1.807, 2.05) is 24.3 Å². The molecule has 0 bridgehead atoms. The quantitative estimate of drug-likeness (QED) is 0.924. The van der Waals surface area contributed by atoms with E-state index in [2.05, 4.69) is 15.5 Å². The number of ether oxygens (including phenoxy) is 1. The van der Waals surface area contributed by atoms with Crippen LogP contribution in [0.3, 0.4) is 0 Å². The molecule has 0 unspecified atom stereocenters. The van der Waals surface area contributed by atoms with Gasteiger partial charge in [0, 0.05) is 13.0 Å². The fraction of sp³-hybridized carbons (Fsp3) is 0.467. The van der Waals surface area contributed by atoms with Gasteiger partial charge >= 0.3 is 0 Å². The molecule has 0 saturated carbocycles. The van der Waals surface area contributed by atoms with Gasteiger partial charge in [0.15, 0.2) is 5.82 Å². The van der Waals surface area contributed by atoms with Crippen LogP contribution in [0.1, 0.15) is 36.0 Å². The van der Waals surface area contributed by atoms with Gasteiger partial charge < -0.3 is 14.6 Å². The predicted octanol–water partition coefficient (Wildman–Crippen LogP) is 2.14. The third-order valence-electron chi connectivity index (χ3n) is 3.63. The molecule has 1 aliphatic heterocycles. The van der Waals surface area contributed by atoms with Crippen molar-refractivity contribution in [2.24, 2.45) is 0 Å². The maximum absolute atomic E-state index is 5.40. The van der Waals surface area contributed by atoms with Crippen molar-refractivity contribution in [2.45, 2.75) is 25.2 Å². The summed E-state index contributed by atoms with van der Waals surface area (Å²) < 4.78 is 10.6. The van der Waals surface area contributed by atoms with E-state index in [1.54, 1.807) is 7.11 Å². The third kappa shape index (κ3) is 2.99. The number of nitrogens with zero attached hydrogens (tertiary/aromatic N) is 2. The van der Waals surface area contributed by atoms with Gasteiger partial charge in [-0.2, -0.15) is 4.98 Å². The zero-order valence-electron chi connectivity index (χ0n) is 11.6. The summed E-state index contributed by atoms with van der Waals surface area (Å²) in [7, 11) is 1.67. The Kier molecular flexibility index (Phi) is 3.97. The Labute approximate surface area is 118 Å². The van der Waals surface area contributed by atoms with E-state index >= 15 is 0 Å². The van der Waals surface area contributed by atoms with Crippen molar-refractivity contribution < 1.29 is 9.26 Å². The van der Waals surface area contributed by atoms with Gasteiger partial charge in [-0.15, -0.1) is 0 Å². The molecule has 1 aliphatic rings. The van der Waals surface area contributed by atoms with E-state index in [0.29, 0.717) is 12.3 Å². The Bertz CT molecular complexity index is 562. The van der Waals surface area contributed by atoms with Gasteiger partial charge in [-0.05, 0) is 37.1 Å². The van der Waals surface area contributed by atoms with Crippen LogP contribution in [0.4, 0.5) is 0 Å². The predicted molar refractivity (Wildman–Crippen MR) is 74.9 cm³/mol. The van der Waals surface area contributed by atoms with Crippen molar-refractivity contribution in [1.29, 1.82) is 0 Å². The van der Waals surface area contributed by atoms with Gasteiger partial charge in [-0.25, -0.2) is 0 Å². The molecule has 1 saturated heterocycles. The monoisotopic (exact) mass is 273 g/mol. The molecule has 2 heterocycles. The minimum atomic E-state index is 0.357. The molecule has 1 atom stereocenters. The highest BCUT2D eigenvalue weighted by Gasteiger charge is 2.21. The van der Waals surface area contributed by atoms with E-state index in [-0.39, 0.29) is 0 Å². The fourth-order valence-electron chi connectivity index (χ4n) is 2.53. The molecule has 5 nitrogen and oxygen atoms in total. The average Bonchev–Trinajstić information content (AvgIpc) is 2.97. The average molecular weight is 273 g/mol. The van der Waals surface area contributed by atoms with Crippen LogP contribution in [0.15, 0.2) is 28.8 Å². The Morgan fingerprint density at radius 3 is 3.20 bits per heavy atom. The van der Waals surface area contributed by atoms with Gasteiger partial charge in [-0.3, -0.25) is 0 Å². The summed E-state index contributed by atoms with van der Waals surface area (Å²) in [4.78, 5) is 4.53. The molecule has 0 spiro atoms. The van der Waals surface area contributed by atoms with Crippen molar-refractivity contribution in [3.8, 4) is 5.75 Å². The summed E-state index contributed by atoms with van der Waals surface area (Å²) in [6.07, 6.45) is 2.95. The number of benzene rings is 1. The van der Waals surface area contributed by atoms with Gasteiger partial charge in [0.1, 0.15) is 5.75 Å². The van der Waals surface area contributed by atoms with Crippen LogP contribution >= 0.6 is 0 Å². The first-order chi connectivity index (χ1) is 9.85. The van der Waals surface area contributed by atoms with Crippen LogP contribution < -0.4 is 10.1 Å². The molecule has 1 aromatic heterocycles. The molecule has 106 valence electrons. The zero-order chi connectivity index (χ0) is 13.8. The highest BCUT2D eigenvalue weighted by Crippen LogP contribution is 2.22. The van der Waals surface area contributed by atoms with Crippen LogP contribution in [0, 0.1) is 0 Å². The summed E-state index contributed by atoms with van der Waals surface area (Å²) in [5.74, 6) is 2.70.